The van der Waals surface area contributed by atoms with Crippen molar-refractivity contribution in [2.45, 2.75) is 101 Å². The number of benzene rings is 2. The number of aliphatic hydroxyl groups excluding tert-OH is 2. The number of esters is 4. The molecule has 236 valence electrons. The van der Waals surface area contributed by atoms with Crippen molar-refractivity contribution in [1.82, 2.24) is 0 Å². The van der Waals surface area contributed by atoms with E-state index in [0.717, 1.165) is 33.1 Å². The zero-order valence-corrected chi connectivity index (χ0v) is 24.4. The lowest BCUT2D eigenvalue weighted by Crippen LogP contribution is -2.65. The molecule has 2 aromatic rings. The summed E-state index contributed by atoms with van der Waals surface area (Å²) in [6.45, 7) is 2.30. The van der Waals surface area contributed by atoms with Crippen molar-refractivity contribution in [3.63, 3.8) is 0 Å². The van der Waals surface area contributed by atoms with E-state index in [1.54, 1.807) is 60.7 Å². The lowest BCUT2D eigenvalue weighted by atomic mass is 9.84. The summed E-state index contributed by atoms with van der Waals surface area (Å²) in [5.74, 6) is -4.57. The fraction of sp³-hybridized carbons (Fsp3) is 0.500. The van der Waals surface area contributed by atoms with Gasteiger partial charge in [0.25, 0.3) is 0 Å². The van der Waals surface area contributed by atoms with Gasteiger partial charge in [0, 0.05) is 37.8 Å². The first-order chi connectivity index (χ1) is 21.1. The summed E-state index contributed by atoms with van der Waals surface area (Å²) >= 11 is 0. The summed E-state index contributed by atoms with van der Waals surface area (Å²) < 4.78 is 34.7. The third-order valence-electron chi connectivity index (χ3n) is 8.02. The van der Waals surface area contributed by atoms with Gasteiger partial charge in [-0.05, 0) is 12.8 Å². The van der Waals surface area contributed by atoms with Crippen LogP contribution in [0.4, 0.5) is 0 Å². The molecule has 8 atom stereocenters. The zero-order valence-electron chi connectivity index (χ0n) is 24.4. The molecule has 1 aliphatic heterocycles. The quantitative estimate of drug-likeness (QED) is 0.331. The lowest BCUT2D eigenvalue weighted by molar-refractivity contribution is -0.227. The third-order valence-corrected chi connectivity index (χ3v) is 8.02. The maximum atomic E-state index is 13.4. The maximum Gasteiger partial charge on any atom is 0.352 e. The number of fused-ring (bicyclic) bond motifs is 1. The van der Waals surface area contributed by atoms with Gasteiger partial charge in [-0.25, -0.2) is 9.59 Å². The first kappa shape index (κ1) is 31.6. The van der Waals surface area contributed by atoms with Gasteiger partial charge in [0.2, 0.25) is 12.2 Å². The molecular formula is C32H36O12. The minimum Gasteiger partial charge on any atom is -0.454 e. The van der Waals surface area contributed by atoms with Crippen molar-refractivity contribution in [2.24, 2.45) is 0 Å². The number of carbonyl (C=O) groups excluding carboxylic acids is 4. The Kier molecular flexibility index (Phi) is 9.64. The van der Waals surface area contributed by atoms with Gasteiger partial charge in [0.05, 0.1) is 0 Å². The standard InChI is InChI=1S/C32H36O12/c1-18(33)39-24(20-12-6-3-7-13-20)30(37)41-26-22(35)23(36)27(29-28(26)43-32(44-29)16-10-5-11-17-32)42-31(38)25(40-19(2)34)21-14-8-4-9-15-21/h3-4,6-9,12-15,22-29,35-36H,5,10-11,16-17H2,1-2H3/t22-,23-,24+,25+,26+,27+,28-,29+/m1/s1. The molecule has 0 bridgehead atoms. The highest BCUT2D eigenvalue weighted by atomic mass is 16.8. The summed E-state index contributed by atoms with van der Waals surface area (Å²) in [6.07, 6.45) is -8.25. The average Bonchev–Trinajstić information content (AvgIpc) is 3.37. The molecule has 1 heterocycles. The Bertz CT molecular complexity index is 1230. The summed E-state index contributed by atoms with van der Waals surface area (Å²) in [5, 5.41) is 22.6. The molecule has 3 aliphatic rings. The topological polar surface area (TPSA) is 164 Å². The molecule has 2 N–H and O–H groups in total. The molecule has 0 aromatic heterocycles. The van der Waals surface area contributed by atoms with Crippen LogP contribution in [0.25, 0.3) is 0 Å². The van der Waals surface area contributed by atoms with E-state index >= 15 is 0 Å². The van der Waals surface area contributed by atoms with Crippen LogP contribution >= 0.6 is 0 Å². The van der Waals surface area contributed by atoms with Crippen LogP contribution in [0, 0.1) is 0 Å². The van der Waals surface area contributed by atoms with Crippen molar-refractivity contribution in [3.05, 3.63) is 71.8 Å². The molecule has 1 spiro atoms. The van der Waals surface area contributed by atoms with E-state index in [0.29, 0.717) is 24.0 Å². The van der Waals surface area contributed by atoms with E-state index in [-0.39, 0.29) is 0 Å². The first-order valence-electron chi connectivity index (χ1n) is 14.7. The maximum absolute atomic E-state index is 13.4. The van der Waals surface area contributed by atoms with E-state index < -0.39 is 78.5 Å². The Morgan fingerprint density at radius 3 is 1.43 bits per heavy atom. The van der Waals surface area contributed by atoms with Gasteiger partial charge >= 0.3 is 23.9 Å². The van der Waals surface area contributed by atoms with Gasteiger partial charge in [-0.3, -0.25) is 9.59 Å². The van der Waals surface area contributed by atoms with E-state index in [1.165, 1.54) is 0 Å². The number of aliphatic hydroxyl groups is 2. The molecule has 0 radical (unpaired) electrons. The van der Waals surface area contributed by atoms with E-state index in [1.807, 2.05) is 0 Å². The molecule has 44 heavy (non-hydrogen) atoms. The Hall–Kier alpha value is -3.84. The van der Waals surface area contributed by atoms with Crippen molar-refractivity contribution in [2.75, 3.05) is 0 Å². The molecule has 0 unspecified atom stereocenters. The van der Waals surface area contributed by atoms with Crippen LogP contribution in [0.1, 0.15) is 69.3 Å². The van der Waals surface area contributed by atoms with Gasteiger partial charge < -0.3 is 38.6 Å². The summed E-state index contributed by atoms with van der Waals surface area (Å²) in [4.78, 5) is 50.6. The molecule has 3 fully saturated rings. The van der Waals surface area contributed by atoms with E-state index in [4.69, 9.17) is 28.4 Å². The largest absolute Gasteiger partial charge is 0.454 e. The Labute approximate surface area is 254 Å². The van der Waals surface area contributed by atoms with Gasteiger partial charge in [0.1, 0.15) is 24.4 Å². The molecule has 12 nitrogen and oxygen atoms in total. The molecule has 5 rings (SSSR count). The second-order valence-electron chi connectivity index (χ2n) is 11.2. The van der Waals surface area contributed by atoms with Crippen molar-refractivity contribution in [1.29, 1.82) is 0 Å². The Balaban J connectivity index is 1.43. The van der Waals surface area contributed by atoms with Gasteiger partial charge in [-0.2, -0.15) is 0 Å². The van der Waals surface area contributed by atoms with E-state index in [2.05, 4.69) is 0 Å². The summed E-state index contributed by atoms with van der Waals surface area (Å²) in [7, 11) is 0. The predicted octanol–water partition coefficient (Wildman–Crippen LogP) is 2.60. The molecular weight excluding hydrogens is 576 g/mol. The highest BCUT2D eigenvalue weighted by Crippen LogP contribution is 2.46. The van der Waals surface area contributed by atoms with Gasteiger partial charge in [-0.15, -0.1) is 0 Å². The number of ether oxygens (including phenoxy) is 6. The average molecular weight is 613 g/mol. The van der Waals surface area contributed by atoms with Crippen LogP contribution in [0.2, 0.25) is 0 Å². The first-order valence-corrected chi connectivity index (χ1v) is 14.7. The Morgan fingerprint density at radius 1 is 0.682 bits per heavy atom. The van der Waals surface area contributed by atoms with Gasteiger partial charge in [0.15, 0.2) is 18.0 Å². The number of carbonyl (C=O) groups is 4. The molecule has 12 heteroatoms. The van der Waals surface area contributed by atoms with Crippen LogP contribution in [0.3, 0.4) is 0 Å². The smallest absolute Gasteiger partial charge is 0.352 e. The van der Waals surface area contributed by atoms with Gasteiger partial charge in [-0.1, -0.05) is 67.1 Å². The highest BCUT2D eigenvalue weighted by molar-refractivity contribution is 5.81. The zero-order chi connectivity index (χ0) is 31.4. The fourth-order valence-corrected chi connectivity index (χ4v) is 6.03. The molecule has 0 amide bonds. The molecule has 2 aliphatic carbocycles. The minimum absolute atomic E-state index is 0.340. The molecule has 2 saturated carbocycles. The van der Waals surface area contributed by atoms with Crippen molar-refractivity contribution in [3.8, 4) is 0 Å². The molecule has 1 saturated heterocycles. The van der Waals surface area contributed by atoms with Crippen LogP contribution < -0.4 is 0 Å². The highest BCUT2D eigenvalue weighted by Gasteiger charge is 2.63. The number of hydrogen-bond acceptors (Lipinski definition) is 12. The van der Waals surface area contributed by atoms with Crippen molar-refractivity contribution < 1.29 is 57.8 Å². The number of hydrogen-bond donors (Lipinski definition) is 2. The monoisotopic (exact) mass is 612 g/mol. The van der Waals surface area contributed by atoms with Crippen LogP contribution in [0.5, 0.6) is 0 Å². The lowest BCUT2D eigenvalue weighted by Gasteiger charge is -2.42. The van der Waals surface area contributed by atoms with E-state index in [9.17, 15) is 29.4 Å². The second kappa shape index (κ2) is 13.4. The predicted molar refractivity (Wildman–Crippen MR) is 149 cm³/mol. The minimum atomic E-state index is -1.79. The van der Waals surface area contributed by atoms with Crippen LogP contribution in [-0.2, 0) is 47.6 Å². The third kappa shape index (κ3) is 6.78. The van der Waals surface area contributed by atoms with Crippen LogP contribution in [-0.4, -0.2) is 76.5 Å². The van der Waals surface area contributed by atoms with Crippen LogP contribution in [0.15, 0.2) is 60.7 Å². The fourth-order valence-electron chi connectivity index (χ4n) is 6.03. The second-order valence-corrected chi connectivity index (χ2v) is 11.2. The summed E-state index contributed by atoms with van der Waals surface area (Å²) in [6, 6.07) is 16.4. The van der Waals surface area contributed by atoms with Crippen molar-refractivity contribution >= 4 is 23.9 Å². The summed E-state index contributed by atoms with van der Waals surface area (Å²) in [5.41, 5.74) is 0.679. The molecule has 2 aromatic carbocycles. The number of rotatable bonds is 8. The Morgan fingerprint density at radius 2 is 1.07 bits per heavy atom. The normalized spacial score (nSPS) is 28.6. The SMILES string of the molecule is CC(=O)O[C@H](C(=O)O[C@H]1[C@H](O)[C@@H](O)[C@H](OC(=O)[C@@H](OC(C)=O)c2ccccc2)[C@H]2OC3(CCCCC3)O[C@H]21)c1ccccc1.